The molecule has 0 atom stereocenters. The van der Waals surface area contributed by atoms with Crippen molar-refractivity contribution in [2.75, 3.05) is 7.11 Å². The van der Waals surface area contributed by atoms with Gasteiger partial charge in [0.15, 0.2) is 0 Å². The standard InChI is InChI=1S/C14H13N3O/c1-18-11-4-2-3-10(7-11)8-14-16-12-5-6-15-9-13(12)17-14/h2-7,9H,8H2,1H3,(H,16,17). The van der Waals surface area contributed by atoms with Gasteiger partial charge in [0, 0.05) is 12.6 Å². The monoisotopic (exact) mass is 239 g/mol. The van der Waals surface area contributed by atoms with Crippen LogP contribution in [0, 0.1) is 0 Å². The first-order valence-electron chi connectivity index (χ1n) is 5.77. The van der Waals surface area contributed by atoms with E-state index in [1.807, 2.05) is 24.3 Å². The molecule has 0 aliphatic carbocycles. The first-order chi connectivity index (χ1) is 8.85. The Morgan fingerprint density at radius 3 is 3.06 bits per heavy atom. The second-order valence-corrected chi connectivity index (χ2v) is 4.10. The molecule has 1 aromatic carbocycles. The summed E-state index contributed by atoms with van der Waals surface area (Å²) in [6, 6.07) is 9.91. The van der Waals surface area contributed by atoms with Gasteiger partial charge in [-0.3, -0.25) is 4.98 Å². The number of nitrogens with zero attached hydrogens (tertiary/aromatic N) is 2. The van der Waals surface area contributed by atoms with Gasteiger partial charge in [0.2, 0.25) is 0 Å². The van der Waals surface area contributed by atoms with Crippen LogP contribution in [0.15, 0.2) is 42.7 Å². The molecule has 0 saturated heterocycles. The molecule has 4 heteroatoms. The molecular formula is C14H13N3O. The van der Waals surface area contributed by atoms with Gasteiger partial charge in [-0.15, -0.1) is 0 Å². The minimum Gasteiger partial charge on any atom is -0.497 e. The number of aromatic nitrogens is 3. The van der Waals surface area contributed by atoms with E-state index in [0.29, 0.717) is 0 Å². The zero-order chi connectivity index (χ0) is 12.4. The predicted octanol–water partition coefficient (Wildman–Crippen LogP) is 2.56. The Hall–Kier alpha value is -2.36. The summed E-state index contributed by atoms with van der Waals surface area (Å²) in [6.07, 6.45) is 4.29. The Kier molecular flexibility index (Phi) is 2.68. The van der Waals surface area contributed by atoms with Gasteiger partial charge >= 0.3 is 0 Å². The lowest BCUT2D eigenvalue weighted by molar-refractivity contribution is 0.414. The summed E-state index contributed by atoms with van der Waals surface area (Å²) in [6.45, 7) is 0. The third-order valence-corrected chi connectivity index (χ3v) is 2.84. The number of H-pyrrole nitrogens is 1. The van der Waals surface area contributed by atoms with Crippen molar-refractivity contribution in [2.45, 2.75) is 6.42 Å². The van der Waals surface area contributed by atoms with Crippen LogP contribution in [0.5, 0.6) is 5.75 Å². The zero-order valence-corrected chi connectivity index (χ0v) is 10.1. The molecule has 0 amide bonds. The number of rotatable bonds is 3. The second-order valence-electron chi connectivity index (χ2n) is 4.10. The molecule has 3 rings (SSSR count). The summed E-state index contributed by atoms with van der Waals surface area (Å²) in [5.74, 6) is 1.80. The Morgan fingerprint density at radius 1 is 1.28 bits per heavy atom. The summed E-state index contributed by atoms with van der Waals surface area (Å²) >= 11 is 0. The normalized spacial score (nSPS) is 10.7. The number of imidazole rings is 1. The number of nitrogens with one attached hydrogen (secondary N) is 1. The van der Waals surface area contributed by atoms with E-state index < -0.39 is 0 Å². The van der Waals surface area contributed by atoms with Gasteiger partial charge in [-0.25, -0.2) is 4.98 Å². The first kappa shape index (κ1) is 10.8. The van der Waals surface area contributed by atoms with Crippen molar-refractivity contribution in [1.82, 2.24) is 15.0 Å². The van der Waals surface area contributed by atoms with E-state index in [1.54, 1.807) is 19.5 Å². The first-order valence-corrected chi connectivity index (χ1v) is 5.77. The molecule has 0 aliphatic rings. The number of ether oxygens (including phenoxy) is 1. The average molecular weight is 239 g/mol. The van der Waals surface area contributed by atoms with Gasteiger partial charge in [-0.1, -0.05) is 12.1 Å². The quantitative estimate of drug-likeness (QED) is 0.764. The third-order valence-electron chi connectivity index (χ3n) is 2.84. The molecule has 1 N–H and O–H groups in total. The smallest absolute Gasteiger partial charge is 0.119 e. The highest BCUT2D eigenvalue weighted by molar-refractivity contribution is 5.73. The van der Waals surface area contributed by atoms with Gasteiger partial charge in [-0.2, -0.15) is 0 Å². The van der Waals surface area contributed by atoms with Crippen LogP contribution in [0.2, 0.25) is 0 Å². The molecule has 0 unspecified atom stereocenters. The highest BCUT2D eigenvalue weighted by Gasteiger charge is 2.04. The Bertz CT molecular complexity index is 642. The number of benzene rings is 1. The maximum Gasteiger partial charge on any atom is 0.119 e. The fraction of sp³-hybridized carbons (Fsp3) is 0.143. The van der Waals surface area contributed by atoms with Crippen molar-refractivity contribution in [3.63, 3.8) is 0 Å². The van der Waals surface area contributed by atoms with Gasteiger partial charge in [0.25, 0.3) is 0 Å². The molecule has 0 saturated carbocycles. The van der Waals surface area contributed by atoms with Gasteiger partial charge < -0.3 is 9.72 Å². The molecule has 2 aromatic heterocycles. The summed E-state index contributed by atoms with van der Waals surface area (Å²) in [4.78, 5) is 11.9. The molecule has 90 valence electrons. The van der Waals surface area contributed by atoms with Crippen LogP contribution in [0.25, 0.3) is 11.0 Å². The van der Waals surface area contributed by atoms with Crippen molar-refractivity contribution in [2.24, 2.45) is 0 Å². The van der Waals surface area contributed by atoms with Gasteiger partial charge in [0.1, 0.15) is 11.6 Å². The molecular weight excluding hydrogens is 226 g/mol. The van der Waals surface area contributed by atoms with Crippen LogP contribution < -0.4 is 4.74 Å². The van der Waals surface area contributed by atoms with E-state index in [2.05, 4.69) is 21.0 Å². The molecule has 2 heterocycles. The Morgan fingerprint density at radius 2 is 2.22 bits per heavy atom. The van der Waals surface area contributed by atoms with Crippen molar-refractivity contribution in [3.05, 3.63) is 54.1 Å². The highest BCUT2D eigenvalue weighted by Crippen LogP contribution is 2.16. The minimum absolute atomic E-state index is 0.756. The summed E-state index contributed by atoms with van der Waals surface area (Å²) in [5, 5.41) is 0. The second kappa shape index (κ2) is 4.49. The van der Waals surface area contributed by atoms with E-state index in [9.17, 15) is 0 Å². The van der Waals surface area contributed by atoms with Crippen LogP contribution in [-0.4, -0.2) is 22.1 Å². The van der Waals surface area contributed by atoms with Crippen molar-refractivity contribution in [3.8, 4) is 5.75 Å². The van der Waals surface area contributed by atoms with E-state index in [-0.39, 0.29) is 0 Å². The van der Waals surface area contributed by atoms with Gasteiger partial charge in [-0.05, 0) is 23.8 Å². The maximum atomic E-state index is 5.21. The number of methoxy groups -OCH3 is 1. The predicted molar refractivity (Wildman–Crippen MR) is 69.7 cm³/mol. The van der Waals surface area contributed by atoms with E-state index in [1.165, 1.54) is 5.56 Å². The fourth-order valence-corrected chi connectivity index (χ4v) is 1.97. The van der Waals surface area contributed by atoms with Gasteiger partial charge in [0.05, 0.1) is 24.3 Å². The van der Waals surface area contributed by atoms with Crippen LogP contribution in [0.4, 0.5) is 0 Å². The summed E-state index contributed by atoms with van der Waals surface area (Å²) in [5.41, 5.74) is 3.08. The number of fused-ring (bicyclic) bond motifs is 1. The largest absolute Gasteiger partial charge is 0.497 e. The van der Waals surface area contributed by atoms with Crippen molar-refractivity contribution >= 4 is 11.0 Å². The minimum atomic E-state index is 0.756. The molecule has 0 fully saturated rings. The molecule has 4 nitrogen and oxygen atoms in total. The van der Waals surface area contributed by atoms with E-state index >= 15 is 0 Å². The zero-order valence-electron chi connectivity index (χ0n) is 10.1. The Labute approximate surface area is 105 Å². The van der Waals surface area contributed by atoms with E-state index in [0.717, 1.165) is 29.0 Å². The topological polar surface area (TPSA) is 50.8 Å². The summed E-state index contributed by atoms with van der Waals surface area (Å²) < 4.78 is 5.21. The van der Waals surface area contributed by atoms with Crippen LogP contribution in [0.1, 0.15) is 11.4 Å². The number of aromatic amines is 1. The molecule has 0 spiro atoms. The molecule has 0 radical (unpaired) electrons. The molecule has 0 bridgehead atoms. The molecule has 3 aromatic rings. The Balaban J connectivity index is 1.91. The number of pyridine rings is 1. The lowest BCUT2D eigenvalue weighted by Crippen LogP contribution is -1.91. The lowest BCUT2D eigenvalue weighted by Gasteiger charge is -2.02. The van der Waals surface area contributed by atoms with Crippen LogP contribution in [0.3, 0.4) is 0 Å². The van der Waals surface area contributed by atoms with Crippen molar-refractivity contribution in [1.29, 1.82) is 0 Å². The third kappa shape index (κ3) is 2.05. The number of hydrogen-bond acceptors (Lipinski definition) is 3. The van der Waals surface area contributed by atoms with Crippen molar-refractivity contribution < 1.29 is 4.74 Å². The maximum absolute atomic E-state index is 5.21. The van der Waals surface area contributed by atoms with Crippen LogP contribution in [-0.2, 0) is 6.42 Å². The fourth-order valence-electron chi connectivity index (χ4n) is 1.97. The number of hydrogen-bond donors (Lipinski definition) is 1. The van der Waals surface area contributed by atoms with Crippen LogP contribution >= 0.6 is 0 Å². The van der Waals surface area contributed by atoms with E-state index in [4.69, 9.17) is 4.74 Å². The highest BCUT2D eigenvalue weighted by atomic mass is 16.5. The SMILES string of the molecule is COc1cccc(Cc2nc3ccncc3[nH]2)c1. The average Bonchev–Trinajstić information content (AvgIpc) is 2.81. The molecule has 18 heavy (non-hydrogen) atoms. The lowest BCUT2D eigenvalue weighted by atomic mass is 10.1. The molecule has 0 aliphatic heterocycles. The summed E-state index contributed by atoms with van der Waals surface area (Å²) in [7, 11) is 1.67.